The summed E-state index contributed by atoms with van der Waals surface area (Å²) in [7, 11) is 0. The van der Waals surface area contributed by atoms with Gasteiger partial charge in [0.25, 0.3) is 5.91 Å². The molecule has 3 rings (SSSR count). The van der Waals surface area contributed by atoms with Gasteiger partial charge in [-0.15, -0.1) is 5.10 Å². The number of amides is 1. The lowest BCUT2D eigenvalue weighted by molar-refractivity contribution is 0.0709. The summed E-state index contributed by atoms with van der Waals surface area (Å²) in [4.78, 5) is 15.2. The van der Waals surface area contributed by atoms with Crippen LogP contribution in [0.1, 0.15) is 46.7 Å². The van der Waals surface area contributed by atoms with E-state index in [0.29, 0.717) is 10.8 Å². The average molecular weight is 291 g/mol. The molecule has 0 spiro atoms. The number of H-pyrrole nitrogens is 1. The molecular formula is C13H17N5OS. The van der Waals surface area contributed by atoms with Gasteiger partial charge >= 0.3 is 0 Å². The SMILES string of the molecule is CCc1nnsc1C(=O)N1CCCC(c2ccn[nH]2)C1. The Bertz CT molecular complexity index is 579. The number of likely N-dealkylation sites (tertiary alicyclic amines) is 1. The highest BCUT2D eigenvalue weighted by atomic mass is 32.1. The van der Waals surface area contributed by atoms with Crippen LogP contribution in [0.2, 0.25) is 0 Å². The molecular weight excluding hydrogens is 274 g/mol. The maximum Gasteiger partial charge on any atom is 0.267 e. The van der Waals surface area contributed by atoms with Crippen molar-refractivity contribution in [3.8, 4) is 0 Å². The Morgan fingerprint density at radius 3 is 3.25 bits per heavy atom. The van der Waals surface area contributed by atoms with Crippen LogP contribution in [0.5, 0.6) is 0 Å². The van der Waals surface area contributed by atoms with E-state index in [9.17, 15) is 4.79 Å². The lowest BCUT2D eigenvalue weighted by atomic mass is 9.95. The first-order chi connectivity index (χ1) is 9.79. The number of carbonyl (C=O) groups is 1. The Morgan fingerprint density at radius 1 is 1.60 bits per heavy atom. The minimum atomic E-state index is 0.0704. The average Bonchev–Trinajstić information content (AvgIpc) is 3.17. The van der Waals surface area contributed by atoms with E-state index < -0.39 is 0 Å². The van der Waals surface area contributed by atoms with E-state index in [1.54, 1.807) is 6.20 Å². The minimum absolute atomic E-state index is 0.0704. The van der Waals surface area contributed by atoms with Crippen molar-refractivity contribution >= 4 is 17.4 Å². The number of aromatic nitrogens is 4. The van der Waals surface area contributed by atoms with Gasteiger partial charge < -0.3 is 4.90 Å². The maximum atomic E-state index is 12.6. The summed E-state index contributed by atoms with van der Waals surface area (Å²) >= 11 is 1.20. The van der Waals surface area contributed by atoms with E-state index >= 15 is 0 Å². The zero-order valence-electron chi connectivity index (χ0n) is 11.4. The van der Waals surface area contributed by atoms with Crippen molar-refractivity contribution in [3.63, 3.8) is 0 Å². The number of hydrogen-bond acceptors (Lipinski definition) is 5. The first kappa shape index (κ1) is 13.2. The van der Waals surface area contributed by atoms with Crippen molar-refractivity contribution in [2.24, 2.45) is 0 Å². The molecule has 0 saturated carbocycles. The fourth-order valence-electron chi connectivity index (χ4n) is 2.66. The standard InChI is InChI=1S/C13H17N5OS/c1-2-10-12(20-17-16-10)13(19)18-7-3-4-9(8-18)11-5-6-14-15-11/h5-6,9H,2-4,7-8H2,1H3,(H,14,15). The molecule has 0 radical (unpaired) electrons. The summed E-state index contributed by atoms with van der Waals surface area (Å²) in [5.74, 6) is 0.419. The zero-order chi connectivity index (χ0) is 13.9. The van der Waals surface area contributed by atoms with Crippen molar-refractivity contribution < 1.29 is 4.79 Å². The van der Waals surface area contributed by atoms with E-state index in [0.717, 1.165) is 43.7 Å². The van der Waals surface area contributed by atoms with Crippen LogP contribution in [0.4, 0.5) is 0 Å². The third kappa shape index (κ3) is 2.45. The summed E-state index contributed by atoms with van der Waals surface area (Å²) in [6.07, 6.45) is 4.62. The second-order valence-electron chi connectivity index (χ2n) is 5.00. The molecule has 3 heterocycles. The quantitative estimate of drug-likeness (QED) is 0.936. The molecule has 1 atom stereocenters. The van der Waals surface area contributed by atoms with Gasteiger partial charge in [-0.1, -0.05) is 11.4 Å². The smallest absolute Gasteiger partial charge is 0.267 e. The Morgan fingerprint density at radius 2 is 2.50 bits per heavy atom. The molecule has 1 aliphatic heterocycles. The largest absolute Gasteiger partial charge is 0.337 e. The van der Waals surface area contributed by atoms with Gasteiger partial charge in [0.1, 0.15) is 4.88 Å². The van der Waals surface area contributed by atoms with Gasteiger partial charge in [0, 0.05) is 30.9 Å². The molecule has 1 N–H and O–H groups in total. The molecule has 1 fully saturated rings. The third-order valence-corrected chi connectivity index (χ3v) is 4.51. The molecule has 2 aromatic heterocycles. The van der Waals surface area contributed by atoms with Gasteiger partial charge in [-0.05, 0) is 36.9 Å². The van der Waals surface area contributed by atoms with Crippen LogP contribution in [0.3, 0.4) is 0 Å². The Labute approximate surface area is 121 Å². The highest BCUT2D eigenvalue weighted by Crippen LogP contribution is 2.27. The van der Waals surface area contributed by atoms with Gasteiger partial charge in [-0.25, -0.2) is 0 Å². The Hall–Kier alpha value is -1.76. The van der Waals surface area contributed by atoms with Gasteiger partial charge in [0.05, 0.1) is 5.69 Å². The van der Waals surface area contributed by atoms with Crippen LogP contribution in [-0.4, -0.2) is 43.7 Å². The molecule has 0 bridgehead atoms. The molecule has 0 aromatic carbocycles. The second kappa shape index (κ2) is 5.70. The molecule has 20 heavy (non-hydrogen) atoms. The van der Waals surface area contributed by atoms with Gasteiger partial charge in [-0.2, -0.15) is 5.10 Å². The Kier molecular flexibility index (Phi) is 3.77. The van der Waals surface area contributed by atoms with E-state index in [1.807, 2.05) is 17.9 Å². The van der Waals surface area contributed by atoms with Crippen molar-refractivity contribution in [2.75, 3.05) is 13.1 Å². The summed E-state index contributed by atoms with van der Waals surface area (Å²) in [6, 6.07) is 1.99. The summed E-state index contributed by atoms with van der Waals surface area (Å²) < 4.78 is 3.91. The van der Waals surface area contributed by atoms with Crippen molar-refractivity contribution in [1.29, 1.82) is 0 Å². The molecule has 1 unspecified atom stereocenters. The number of aryl methyl sites for hydroxylation is 1. The lowest BCUT2D eigenvalue weighted by Crippen LogP contribution is -2.39. The fraction of sp³-hybridized carbons (Fsp3) is 0.538. The van der Waals surface area contributed by atoms with Crippen molar-refractivity contribution in [1.82, 2.24) is 24.7 Å². The first-order valence-corrected chi connectivity index (χ1v) is 7.66. The summed E-state index contributed by atoms with van der Waals surface area (Å²) in [5, 5.41) is 11.0. The molecule has 2 aromatic rings. The van der Waals surface area contributed by atoms with E-state index in [2.05, 4.69) is 19.8 Å². The normalized spacial score (nSPS) is 19.2. The van der Waals surface area contributed by atoms with Gasteiger partial charge in [0.15, 0.2) is 0 Å². The highest BCUT2D eigenvalue weighted by Gasteiger charge is 2.28. The van der Waals surface area contributed by atoms with E-state index in [1.165, 1.54) is 11.5 Å². The zero-order valence-corrected chi connectivity index (χ0v) is 12.2. The molecule has 1 aliphatic rings. The summed E-state index contributed by atoms with van der Waals surface area (Å²) in [5.41, 5.74) is 1.92. The van der Waals surface area contributed by atoms with Crippen LogP contribution in [0, 0.1) is 0 Å². The van der Waals surface area contributed by atoms with E-state index in [4.69, 9.17) is 0 Å². The molecule has 1 saturated heterocycles. The summed E-state index contributed by atoms with van der Waals surface area (Å²) in [6.45, 7) is 3.55. The van der Waals surface area contributed by atoms with Crippen molar-refractivity contribution in [3.05, 3.63) is 28.5 Å². The molecule has 0 aliphatic carbocycles. The monoisotopic (exact) mass is 291 g/mol. The van der Waals surface area contributed by atoms with Crippen molar-refractivity contribution in [2.45, 2.75) is 32.1 Å². The molecule has 1 amide bonds. The molecule has 6 nitrogen and oxygen atoms in total. The second-order valence-corrected chi connectivity index (χ2v) is 5.76. The number of rotatable bonds is 3. The third-order valence-electron chi connectivity index (χ3n) is 3.76. The molecule has 106 valence electrons. The van der Waals surface area contributed by atoms with Crippen LogP contribution in [0.15, 0.2) is 12.3 Å². The fourth-order valence-corrected chi connectivity index (χ4v) is 3.37. The minimum Gasteiger partial charge on any atom is -0.337 e. The van der Waals surface area contributed by atoms with Crippen LogP contribution >= 0.6 is 11.5 Å². The number of hydrogen-bond donors (Lipinski definition) is 1. The first-order valence-electron chi connectivity index (χ1n) is 6.89. The van der Waals surface area contributed by atoms with Crippen LogP contribution in [0.25, 0.3) is 0 Å². The number of piperidine rings is 1. The highest BCUT2D eigenvalue weighted by molar-refractivity contribution is 7.08. The van der Waals surface area contributed by atoms with E-state index in [-0.39, 0.29) is 5.91 Å². The number of nitrogens with zero attached hydrogens (tertiary/aromatic N) is 4. The maximum absolute atomic E-state index is 12.6. The number of carbonyl (C=O) groups excluding carboxylic acids is 1. The van der Waals surface area contributed by atoms with Gasteiger partial charge in [-0.3, -0.25) is 9.89 Å². The molecule has 7 heteroatoms. The Balaban J connectivity index is 1.75. The topological polar surface area (TPSA) is 74.8 Å². The predicted molar refractivity (Wildman–Crippen MR) is 75.8 cm³/mol. The van der Waals surface area contributed by atoms with Crippen LogP contribution < -0.4 is 0 Å². The van der Waals surface area contributed by atoms with Crippen LogP contribution in [-0.2, 0) is 6.42 Å². The van der Waals surface area contributed by atoms with Gasteiger partial charge in [0.2, 0.25) is 0 Å². The predicted octanol–water partition coefficient (Wildman–Crippen LogP) is 1.84. The number of nitrogens with one attached hydrogen (secondary N) is 1. The lowest BCUT2D eigenvalue weighted by Gasteiger charge is -2.32. The number of aromatic amines is 1.